The number of rotatable bonds is 6. The molecule has 2 heterocycles. The van der Waals surface area contributed by atoms with Gasteiger partial charge in [-0.15, -0.1) is 0 Å². The Morgan fingerprint density at radius 1 is 0.865 bits per heavy atom. The molecule has 12 heteroatoms. The zero-order valence-corrected chi connectivity index (χ0v) is 29.9. The summed E-state index contributed by atoms with van der Waals surface area (Å²) in [6.07, 6.45) is 2.18. The number of imide groups is 2. The van der Waals surface area contributed by atoms with Crippen molar-refractivity contribution in [2.75, 3.05) is 16.9 Å². The van der Waals surface area contributed by atoms with Crippen LogP contribution in [-0.4, -0.2) is 46.9 Å². The molecule has 8 rings (SSSR count). The van der Waals surface area contributed by atoms with E-state index in [1.807, 2.05) is 36.4 Å². The quantitative estimate of drug-likeness (QED) is 0.159. The Hall–Kier alpha value is -5.26. The Bertz CT molecular complexity index is 2260. The molecule has 4 aromatic carbocycles. The van der Waals surface area contributed by atoms with Crippen molar-refractivity contribution in [2.24, 2.45) is 23.7 Å². The van der Waals surface area contributed by atoms with E-state index in [1.54, 1.807) is 36.4 Å². The number of halogens is 2. The van der Waals surface area contributed by atoms with Crippen LogP contribution in [0.3, 0.4) is 0 Å². The molecule has 2 N–H and O–H groups in total. The van der Waals surface area contributed by atoms with Crippen LogP contribution >= 0.6 is 27.5 Å². The fraction of sp³-hybridized carbons (Fsp3) is 0.225. The van der Waals surface area contributed by atoms with Gasteiger partial charge in [0.1, 0.15) is 0 Å². The van der Waals surface area contributed by atoms with Crippen molar-refractivity contribution in [1.82, 2.24) is 0 Å². The van der Waals surface area contributed by atoms with Gasteiger partial charge in [0.05, 0.1) is 51.7 Å². The van der Waals surface area contributed by atoms with Gasteiger partial charge in [-0.3, -0.25) is 24.1 Å². The first-order chi connectivity index (χ1) is 25.0. The molecule has 0 aromatic heterocycles. The molecule has 0 radical (unpaired) electrons. The second-order valence-corrected chi connectivity index (χ2v) is 14.8. The van der Waals surface area contributed by atoms with Gasteiger partial charge in [-0.05, 0) is 94.3 Å². The summed E-state index contributed by atoms with van der Waals surface area (Å²) in [6, 6.07) is 24.7. The summed E-state index contributed by atoms with van der Waals surface area (Å²) in [5.41, 5.74) is 0.751. The molecule has 0 bridgehead atoms. The Labute approximate surface area is 311 Å². The van der Waals surface area contributed by atoms with Gasteiger partial charge in [0.2, 0.25) is 23.6 Å². The number of aromatic hydroxyl groups is 1. The van der Waals surface area contributed by atoms with Crippen LogP contribution < -0.4 is 14.5 Å². The van der Waals surface area contributed by atoms with Gasteiger partial charge in [0.15, 0.2) is 11.5 Å². The largest absolute Gasteiger partial charge is 0.503 e. The minimum Gasteiger partial charge on any atom is -0.503 e. The second kappa shape index (κ2) is 12.5. The minimum atomic E-state index is -1.52. The lowest BCUT2D eigenvalue weighted by Crippen LogP contribution is -2.53. The van der Waals surface area contributed by atoms with E-state index in [4.69, 9.17) is 16.3 Å². The third-order valence-electron chi connectivity index (χ3n) is 11.1. The highest BCUT2D eigenvalue weighted by Gasteiger charge is 2.70. The molecule has 4 aromatic rings. The van der Waals surface area contributed by atoms with Crippen molar-refractivity contribution >= 4 is 68.5 Å². The number of methoxy groups -OCH3 is 1. The minimum absolute atomic E-state index is 0.0693. The van der Waals surface area contributed by atoms with Crippen LogP contribution in [0, 0.1) is 23.7 Å². The lowest BCUT2D eigenvalue weighted by molar-refractivity contribution is -0.127. The highest BCUT2D eigenvalue weighted by atomic mass is 79.9. The van der Waals surface area contributed by atoms with Crippen molar-refractivity contribution in [3.05, 3.63) is 129 Å². The van der Waals surface area contributed by atoms with Crippen LogP contribution in [0.25, 0.3) is 0 Å². The summed E-state index contributed by atoms with van der Waals surface area (Å²) in [7, 11) is 1.41. The van der Waals surface area contributed by atoms with Crippen LogP contribution in [0.5, 0.6) is 11.5 Å². The molecule has 52 heavy (non-hydrogen) atoms. The molecule has 1 saturated carbocycles. The topological polar surface area (TPSA) is 142 Å². The number of amides is 4. The van der Waals surface area contributed by atoms with Crippen molar-refractivity contribution in [1.29, 1.82) is 0 Å². The number of nitrogens with zero attached hydrogens (tertiary/aromatic N) is 2. The van der Waals surface area contributed by atoms with Crippen LogP contribution in [0.4, 0.5) is 11.4 Å². The van der Waals surface area contributed by atoms with E-state index in [0.29, 0.717) is 26.3 Å². The van der Waals surface area contributed by atoms with E-state index in [9.17, 15) is 29.4 Å². The van der Waals surface area contributed by atoms with E-state index in [-0.39, 0.29) is 35.6 Å². The maximum Gasteiger partial charge on any atom is 0.335 e. The van der Waals surface area contributed by atoms with Gasteiger partial charge in [-0.25, -0.2) is 9.69 Å². The summed E-state index contributed by atoms with van der Waals surface area (Å²) in [5.74, 6) is -7.21. The molecule has 2 saturated heterocycles. The van der Waals surface area contributed by atoms with Crippen LogP contribution in [0.2, 0.25) is 5.02 Å². The lowest BCUT2D eigenvalue weighted by Gasteiger charge is -2.50. The third kappa shape index (κ3) is 4.79. The van der Waals surface area contributed by atoms with Gasteiger partial charge in [-0.2, -0.15) is 0 Å². The number of benzene rings is 4. The first-order valence-corrected chi connectivity index (χ1v) is 17.8. The Morgan fingerprint density at radius 2 is 1.58 bits per heavy atom. The van der Waals surface area contributed by atoms with E-state index >= 15 is 4.79 Å². The first-order valence-electron chi connectivity index (χ1n) is 16.7. The van der Waals surface area contributed by atoms with Gasteiger partial charge >= 0.3 is 5.97 Å². The molecule has 262 valence electrons. The number of phenols is 1. The number of carboxylic acids is 1. The number of fused-ring (bicyclic) bond motifs is 4. The fourth-order valence-corrected chi connectivity index (χ4v) is 9.71. The molecule has 0 unspecified atom stereocenters. The van der Waals surface area contributed by atoms with E-state index < -0.39 is 64.6 Å². The number of carbonyl (C=O) groups excluding carboxylic acids is 4. The Morgan fingerprint density at radius 3 is 2.27 bits per heavy atom. The first kappa shape index (κ1) is 33.9. The van der Waals surface area contributed by atoms with Gasteiger partial charge in [-0.1, -0.05) is 65.7 Å². The molecule has 10 nitrogen and oxygen atoms in total. The smallest absolute Gasteiger partial charge is 0.335 e. The molecular weight excluding hydrogens is 752 g/mol. The normalized spacial score (nSPS) is 26.5. The average molecular weight is 782 g/mol. The monoisotopic (exact) mass is 780 g/mol. The van der Waals surface area contributed by atoms with Crippen LogP contribution in [0.15, 0.2) is 107 Å². The average Bonchev–Trinajstić information content (AvgIpc) is 3.53. The summed E-state index contributed by atoms with van der Waals surface area (Å²) < 4.78 is 5.87. The molecule has 4 aliphatic rings. The number of phenolic OH excluding ortho intramolecular Hbond substituents is 1. The maximum absolute atomic E-state index is 15.4. The Balaban J connectivity index is 1.36. The summed E-state index contributed by atoms with van der Waals surface area (Å²) in [4.78, 5) is 72.9. The Kier molecular flexibility index (Phi) is 8.11. The van der Waals surface area contributed by atoms with E-state index in [2.05, 4.69) is 15.9 Å². The SMILES string of the molecule is COc1cc([C@H]2C3=CC[C@@H]4C(=O)N(c5cccc(C(=O)O)c5)C(=O)[C@@H]4[C@@H]3C[C@H]3C(=O)N(c4cccc(Cl)c4)C(=O)[C@@]23c2ccccc2)cc(Br)c1O. The second-order valence-electron chi connectivity index (χ2n) is 13.5. The third-order valence-corrected chi connectivity index (χ3v) is 12.0. The number of carbonyl (C=O) groups is 5. The van der Waals surface area contributed by atoms with Gasteiger partial charge < -0.3 is 14.9 Å². The molecular formula is C40H30BrClN2O8. The fourth-order valence-electron chi connectivity index (χ4n) is 9.07. The summed E-state index contributed by atoms with van der Waals surface area (Å²) in [5, 5.41) is 20.8. The van der Waals surface area contributed by atoms with Gasteiger partial charge in [0.25, 0.3) is 0 Å². The van der Waals surface area contributed by atoms with Crippen molar-refractivity contribution in [3.8, 4) is 11.5 Å². The summed E-state index contributed by atoms with van der Waals surface area (Å²) in [6.45, 7) is 0. The highest BCUT2D eigenvalue weighted by molar-refractivity contribution is 9.10. The van der Waals surface area contributed by atoms with Crippen LogP contribution in [-0.2, 0) is 24.6 Å². The molecule has 6 atom stereocenters. The number of anilines is 2. The van der Waals surface area contributed by atoms with Crippen molar-refractivity contribution in [3.63, 3.8) is 0 Å². The van der Waals surface area contributed by atoms with Crippen molar-refractivity contribution < 1.29 is 38.9 Å². The number of hydrogen-bond donors (Lipinski definition) is 2. The zero-order chi connectivity index (χ0) is 36.6. The predicted molar refractivity (Wildman–Crippen MR) is 194 cm³/mol. The number of allylic oxidation sites excluding steroid dienone is 2. The molecule has 4 amide bonds. The standard InChI is InChI=1S/C40H30BrClN2O8/c1-52-31-17-21(16-30(41)34(31)45)33-26-13-14-27-32(37(48)43(35(27)46)24-11-5-7-20(15-24)38(49)50)28(26)19-29-36(47)44(25-12-6-10-23(42)18-25)39(51)40(29,33)22-8-3-2-4-9-22/h2-13,15-18,27-29,32-33,45H,14,19H2,1H3,(H,49,50)/t27-,28+,29-,32-,33-,40+/m0/s1. The van der Waals surface area contributed by atoms with Gasteiger partial charge in [0, 0.05) is 10.9 Å². The maximum atomic E-state index is 15.4. The lowest BCUT2D eigenvalue weighted by atomic mass is 9.49. The molecule has 2 aliphatic heterocycles. The molecule has 2 aliphatic carbocycles. The highest BCUT2D eigenvalue weighted by Crippen LogP contribution is 2.65. The van der Waals surface area contributed by atoms with E-state index in [1.165, 1.54) is 36.3 Å². The van der Waals surface area contributed by atoms with E-state index in [0.717, 1.165) is 10.5 Å². The molecule has 3 fully saturated rings. The van der Waals surface area contributed by atoms with Crippen molar-refractivity contribution in [2.45, 2.75) is 24.2 Å². The number of hydrogen-bond acceptors (Lipinski definition) is 7. The number of ether oxygens (including phenoxy) is 1. The number of aromatic carboxylic acids is 1. The van der Waals surface area contributed by atoms with Crippen LogP contribution in [0.1, 0.15) is 40.2 Å². The zero-order valence-electron chi connectivity index (χ0n) is 27.5. The predicted octanol–water partition coefficient (Wildman–Crippen LogP) is 6.88. The molecule has 0 spiro atoms. The summed E-state index contributed by atoms with van der Waals surface area (Å²) >= 11 is 9.85. The number of carboxylic acid groups (broad SMARTS) is 1.